The van der Waals surface area contributed by atoms with Crippen LogP contribution in [0.5, 0.6) is 11.5 Å². The highest BCUT2D eigenvalue weighted by molar-refractivity contribution is 5.60. The van der Waals surface area contributed by atoms with Crippen LogP contribution in [0.3, 0.4) is 0 Å². The van der Waals surface area contributed by atoms with Gasteiger partial charge in [0.25, 0.3) is 0 Å². The van der Waals surface area contributed by atoms with Crippen molar-refractivity contribution in [2.24, 2.45) is 11.8 Å². The molecule has 8 nitrogen and oxygen atoms in total. The van der Waals surface area contributed by atoms with Gasteiger partial charge in [0.15, 0.2) is 11.5 Å². The van der Waals surface area contributed by atoms with Gasteiger partial charge in [-0.15, -0.1) is 0 Å². The fourth-order valence-corrected chi connectivity index (χ4v) is 4.45. The highest BCUT2D eigenvalue weighted by atomic mass is 16.5. The summed E-state index contributed by atoms with van der Waals surface area (Å²) < 4.78 is 17.2. The van der Waals surface area contributed by atoms with Crippen LogP contribution in [-0.2, 0) is 4.74 Å². The summed E-state index contributed by atoms with van der Waals surface area (Å²) in [6.45, 7) is 10.8. The molecule has 2 fully saturated rings. The SMILES string of the molecule is CCN1CC[C@@H](COc2cc(Nc3nc(C)cc(NCC4CCOCC4)n3)ccc2OC)C1. The van der Waals surface area contributed by atoms with E-state index < -0.39 is 0 Å². The van der Waals surface area contributed by atoms with Gasteiger partial charge in [0, 0.05) is 55.7 Å². The van der Waals surface area contributed by atoms with Crippen molar-refractivity contribution in [3.63, 3.8) is 0 Å². The smallest absolute Gasteiger partial charge is 0.229 e. The summed E-state index contributed by atoms with van der Waals surface area (Å²) in [4.78, 5) is 11.7. The Labute approximate surface area is 197 Å². The summed E-state index contributed by atoms with van der Waals surface area (Å²) in [5.74, 6) is 4.04. The first-order valence-corrected chi connectivity index (χ1v) is 12.1. The Morgan fingerprint density at radius 3 is 2.70 bits per heavy atom. The molecule has 0 unspecified atom stereocenters. The van der Waals surface area contributed by atoms with Gasteiger partial charge in [-0.3, -0.25) is 0 Å². The van der Waals surface area contributed by atoms with Crippen molar-refractivity contribution in [3.05, 3.63) is 30.0 Å². The second-order valence-corrected chi connectivity index (χ2v) is 9.00. The van der Waals surface area contributed by atoms with Crippen molar-refractivity contribution in [2.75, 3.05) is 63.7 Å². The predicted octanol–water partition coefficient (Wildman–Crippen LogP) is 4.10. The number of ether oxygens (including phenoxy) is 3. The average molecular weight is 456 g/mol. The van der Waals surface area contributed by atoms with Crippen LogP contribution in [0.4, 0.5) is 17.5 Å². The normalized spacial score (nSPS) is 19.4. The largest absolute Gasteiger partial charge is 0.493 e. The van der Waals surface area contributed by atoms with Crippen LogP contribution in [-0.4, -0.2) is 68.0 Å². The number of methoxy groups -OCH3 is 1. The molecular weight excluding hydrogens is 418 g/mol. The minimum atomic E-state index is 0.552. The number of nitrogens with zero attached hydrogens (tertiary/aromatic N) is 3. The molecular formula is C25H37N5O3. The summed E-state index contributed by atoms with van der Waals surface area (Å²) in [6, 6.07) is 7.83. The second-order valence-electron chi connectivity index (χ2n) is 9.00. The number of aromatic nitrogens is 2. The van der Waals surface area contributed by atoms with E-state index in [4.69, 9.17) is 14.2 Å². The Kier molecular flexibility index (Phi) is 8.23. The lowest BCUT2D eigenvalue weighted by Gasteiger charge is -2.22. The van der Waals surface area contributed by atoms with E-state index in [1.807, 2.05) is 31.2 Å². The lowest BCUT2D eigenvalue weighted by molar-refractivity contribution is 0.0699. The van der Waals surface area contributed by atoms with Gasteiger partial charge in [-0.2, -0.15) is 4.98 Å². The number of benzene rings is 1. The van der Waals surface area contributed by atoms with Crippen LogP contribution >= 0.6 is 0 Å². The Bertz CT molecular complexity index is 904. The molecule has 0 aliphatic carbocycles. The quantitative estimate of drug-likeness (QED) is 0.554. The molecule has 1 aromatic carbocycles. The second kappa shape index (κ2) is 11.5. The van der Waals surface area contributed by atoms with Crippen LogP contribution in [0.2, 0.25) is 0 Å². The summed E-state index contributed by atoms with van der Waals surface area (Å²) in [5.41, 5.74) is 1.78. The van der Waals surface area contributed by atoms with E-state index in [9.17, 15) is 0 Å². The molecule has 0 radical (unpaired) electrons. The Balaban J connectivity index is 1.39. The molecule has 33 heavy (non-hydrogen) atoms. The first kappa shape index (κ1) is 23.6. The van der Waals surface area contributed by atoms with Crippen LogP contribution in [0.15, 0.2) is 24.3 Å². The maximum absolute atomic E-state index is 6.18. The average Bonchev–Trinajstić information content (AvgIpc) is 3.30. The predicted molar refractivity (Wildman–Crippen MR) is 131 cm³/mol. The summed E-state index contributed by atoms with van der Waals surface area (Å²) in [7, 11) is 1.67. The van der Waals surface area contributed by atoms with Crippen molar-refractivity contribution in [1.29, 1.82) is 0 Å². The van der Waals surface area contributed by atoms with E-state index in [2.05, 4.69) is 32.4 Å². The van der Waals surface area contributed by atoms with Gasteiger partial charge in [0.1, 0.15) is 5.82 Å². The monoisotopic (exact) mass is 455 g/mol. The third-order valence-corrected chi connectivity index (χ3v) is 6.48. The molecule has 2 aliphatic heterocycles. The van der Waals surface area contributed by atoms with E-state index in [0.717, 1.165) is 80.9 Å². The lowest BCUT2D eigenvalue weighted by Crippen LogP contribution is -2.23. The molecule has 1 aromatic heterocycles. The van der Waals surface area contributed by atoms with Gasteiger partial charge in [-0.05, 0) is 57.3 Å². The van der Waals surface area contributed by atoms with Gasteiger partial charge in [0.2, 0.25) is 5.95 Å². The number of aryl methyl sites for hydroxylation is 1. The zero-order chi connectivity index (χ0) is 23.0. The van der Waals surface area contributed by atoms with E-state index in [1.54, 1.807) is 7.11 Å². The van der Waals surface area contributed by atoms with Crippen LogP contribution < -0.4 is 20.1 Å². The van der Waals surface area contributed by atoms with E-state index >= 15 is 0 Å². The lowest BCUT2D eigenvalue weighted by atomic mass is 10.0. The third-order valence-electron chi connectivity index (χ3n) is 6.48. The molecule has 180 valence electrons. The minimum Gasteiger partial charge on any atom is -0.493 e. The minimum absolute atomic E-state index is 0.552. The molecule has 2 aromatic rings. The van der Waals surface area contributed by atoms with Gasteiger partial charge >= 0.3 is 0 Å². The summed E-state index contributed by atoms with van der Waals surface area (Å²) in [6.07, 6.45) is 3.36. The first-order valence-electron chi connectivity index (χ1n) is 12.1. The van der Waals surface area contributed by atoms with E-state index in [1.165, 1.54) is 6.42 Å². The molecule has 0 spiro atoms. The Morgan fingerprint density at radius 2 is 1.94 bits per heavy atom. The van der Waals surface area contributed by atoms with E-state index in [0.29, 0.717) is 24.4 Å². The zero-order valence-electron chi connectivity index (χ0n) is 20.1. The van der Waals surface area contributed by atoms with Crippen LogP contribution in [0.25, 0.3) is 0 Å². The highest BCUT2D eigenvalue weighted by Gasteiger charge is 2.22. The highest BCUT2D eigenvalue weighted by Crippen LogP contribution is 2.32. The number of likely N-dealkylation sites (tertiary alicyclic amines) is 1. The fourth-order valence-electron chi connectivity index (χ4n) is 4.45. The summed E-state index contributed by atoms with van der Waals surface area (Å²) in [5, 5.41) is 6.81. The first-order chi connectivity index (χ1) is 16.1. The Hall–Kier alpha value is -2.58. The number of hydrogen-bond donors (Lipinski definition) is 2. The van der Waals surface area contributed by atoms with Crippen molar-refractivity contribution < 1.29 is 14.2 Å². The maximum Gasteiger partial charge on any atom is 0.229 e. The molecule has 2 aliphatic rings. The van der Waals surface area contributed by atoms with Gasteiger partial charge in [-0.25, -0.2) is 4.98 Å². The summed E-state index contributed by atoms with van der Waals surface area (Å²) >= 11 is 0. The zero-order valence-corrected chi connectivity index (χ0v) is 20.1. The number of anilines is 3. The van der Waals surface area contributed by atoms with Gasteiger partial charge < -0.3 is 29.7 Å². The van der Waals surface area contributed by atoms with Crippen molar-refractivity contribution in [1.82, 2.24) is 14.9 Å². The molecule has 8 heteroatoms. The van der Waals surface area contributed by atoms with Crippen LogP contribution in [0, 0.1) is 18.8 Å². The standard InChI is InChI=1S/C25H37N5O3/c1-4-30-10-7-20(16-30)17-33-23-14-21(5-6-22(23)31-3)28-25-27-18(2)13-24(29-25)26-15-19-8-11-32-12-9-19/h5-6,13-14,19-20H,4,7-12,15-17H2,1-3H3,(H2,26,27,28,29)/t20-/m1/s1. The topological polar surface area (TPSA) is 80.8 Å². The fraction of sp³-hybridized carbons (Fsp3) is 0.600. The molecule has 2 N–H and O–H groups in total. The van der Waals surface area contributed by atoms with Crippen molar-refractivity contribution in [2.45, 2.75) is 33.1 Å². The number of hydrogen-bond acceptors (Lipinski definition) is 8. The molecule has 0 saturated carbocycles. The Morgan fingerprint density at radius 1 is 1.09 bits per heavy atom. The molecule has 0 amide bonds. The maximum atomic E-state index is 6.18. The van der Waals surface area contributed by atoms with Crippen molar-refractivity contribution >= 4 is 17.5 Å². The van der Waals surface area contributed by atoms with Gasteiger partial charge in [-0.1, -0.05) is 6.92 Å². The van der Waals surface area contributed by atoms with Gasteiger partial charge in [0.05, 0.1) is 13.7 Å². The molecule has 1 atom stereocenters. The van der Waals surface area contributed by atoms with Crippen molar-refractivity contribution in [3.8, 4) is 11.5 Å². The third kappa shape index (κ3) is 6.71. The van der Waals surface area contributed by atoms with Crippen LogP contribution in [0.1, 0.15) is 31.9 Å². The molecule has 2 saturated heterocycles. The molecule has 0 bridgehead atoms. The molecule has 4 rings (SSSR count). The molecule has 3 heterocycles. The van der Waals surface area contributed by atoms with E-state index in [-0.39, 0.29) is 0 Å². The number of nitrogens with one attached hydrogen (secondary N) is 2. The number of rotatable bonds is 10.